The third kappa shape index (κ3) is 2.90. The molecule has 0 saturated carbocycles. The molecular formula is C18H16O5. The van der Waals surface area contributed by atoms with Crippen molar-refractivity contribution in [3.05, 3.63) is 59.2 Å². The minimum atomic E-state index is -0.396. The molecule has 0 N–H and O–H groups in total. The van der Waals surface area contributed by atoms with Gasteiger partial charge in [0.25, 0.3) is 0 Å². The lowest BCUT2D eigenvalue weighted by molar-refractivity contribution is 0.0600. The van der Waals surface area contributed by atoms with E-state index >= 15 is 0 Å². The van der Waals surface area contributed by atoms with Crippen molar-refractivity contribution in [2.75, 3.05) is 14.2 Å². The molecule has 0 amide bonds. The van der Waals surface area contributed by atoms with E-state index in [0.29, 0.717) is 22.6 Å². The summed E-state index contributed by atoms with van der Waals surface area (Å²) >= 11 is 0. The van der Waals surface area contributed by atoms with Crippen LogP contribution in [0.2, 0.25) is 0 Å². The molecule has 1 heterocycles. The van der Waals surface area contributed by atoms with Crippen molar-refractivity contribution in [3.8, 4) is 11.5 Å². The highest BCUT2D eigenvalue weighted by molar-refractivity contribution is 6.00. The molecule has 0 aromatic heterocycles. The number of rotatable bonds is 3. The Hall–Kier alpha value is -2.82. The van der Waals surface area contributed by atoms with E-state index < -0.39 is 5.97 Å². The van der Waals surface area contributed by atoms with Gasteiger partial charge in [-0.15, -0.1) is 0 Å². The third-order valence-electron chi connectivity index (χ3n) is 3.83. The first-order valence-electron chi connectivity index (χ1n) is 7.18. The zero-order valence-electron chi connectivity index (χ0n) is 12.9. The van der Waals surface area contributed by atoms with E-state index in [1.807, 2.05) is 0 Å². The molecule has 1 aliphatic heterocycles. The van der Waals surface area contributed by atoms with Crippen LogP contribution in [-0.2, 0) is 4.74 Å². The predicted octanol–water partition coefficient (Wildman–Crippen LogP) is 3.19. The van der Waals surface area contributed by atoms with Crippen LogP contribution in [-0.4, -0.2) is 26.0 Å². The molecule has 0 saturated heterocycles. The molecule has 3 rings (SSSR count). The molecule has 0 bridgehead atoms. The first-order valence-corrected chi connectivity index (χ1v) is 7.18. The van der Waals surface area contributed by atoms with Gasteiger partial charge in [0.1, 0.15) is 17.6 Å². The molecule has 5 heteroatoms. The first-order chi connectivity index (χ1) is 11.1. The monoisotopic (exact) mass is 312 g/mol. The van der Waals surface area contributed by atoms with E-state index in [1.165, 1.54) is 7.11 Å². The number of ether oxygens (including phenoxy) is 3. The van der Waals surface area contributed by atoms with Crippen molar-refractivity contribution >= 4 is 11.8 Å². The molecule has 1 aliphatic rings. The van der Waals surface area contributed by atoms with E-state index in [-0.39, 0.29) is 18.3 Å². The number of methoxy groups -OCH3 is 2. The van der Waals surface area contributed by atoms with E-state index in [0.717, 1.165) is 5.56 Å². The summed E-state index contributed by atoms with van der Waals surface area (Å²) in [6, 6.07) is 12.0. The van der Waals surface area contributed by atoms with Gasteiger partial charge in [0.05, 0.1) is 31.8 Å². The topological polar surface area (TPSA) is 61.8 Å². The fourth-order valence-corrected chi connectivity index (χ4v) is 2.57. The number of esters is 1. The molecule has 2 aromatic carbocycles. The largest absolute Gasteiger partial charge is 0.497 e. The molecule has 0 fully saturated rings. The summed E-state index contributed by atoms with van der Waals surface area (Å²) in [5.41, 5.74) is 1.85. The Morgan fingerprint density at radius 1 is 1.13 bits per heavy atom. The number of ketones is 1. The van der Waals surface area contributed by atoms with Gasteiger partial charge in [0.2, 0.25) is 0 Å². The second-order valence-corrected chi connectivity index (χ2v) is 5.21. The van der Waals surface area contributed by atoms with Crippen molar-refractivity contribution in [1.29, 1.82) is 0 Å². The van der Waals surface area contributed by atoms with Gasteiger partial charge in [-0.1, -0.05) is 12.1 Å². The Morgan fingerprint density at radius 2 is 1.87 bits per heavy atom. The second-order valence-electron chi connectivity index (χ2n) is 5.21. The van der Waals surface area contributed by atoms with Gasteiger partial charge in [-0.05, 0) is 29.8 Å². The Bertz CT molecular complexity index is 749. The predicted molar refractivity (Wildman–Crippen MR) is 83.1 cm³/mol. The van der Waals surface area contributed by atoms with E-state index in [2.05, 4.69) is 4.74 Å². The summed E-state index contributed by atoms with van der Waals surface area (Å²) in [7, 11) is 2.90. The Kier molecular flexibility index (Phi) is 4.02. The Morgan fingerprint density at radius 3 is 2.52 bits per heavy atom. The Labute approximate surface area is 133 Å². The van der Waals surface area contributed by atoms with Crippen LogP contribution in [0.4, 0.5) is 0 Å². The summed E-state index contributed by atoms with van der Waals surface area (Å²) in [5, 5.41) is 0. The van der Waals surface area contributed by atoms with Crippen LogP contribution in [0, 0.1) is 0 Å². The highest BCUT2D eigenvalue weighted by Gasteiger charge is 2.28. The van der Waals surface area contributed by atoms with Gasteiger partial charge in [-0.25, -0.2) is 4.79 Å². The summed E-state index contributed by atoms with van der Waals surface area (Å²) in [6.45, 7) is 0. The molecule has 0 radical (unpaired) electrons. The number of carbonyl (C=O) groups excluding carboxylic acids is 2. The van der Waals surface area contributed by atoms with Crippen LogP contribution in [0.25, 0.3) is 0 Å². The van der Waals surface area contributed by atoms with E-state index in [4.69, 9.17) is 9.47 Å². The molecule has 1 atom stereocenters. The van der Waals surface area contributed by atoms with Gasteiger partial charge in [-0.3, -0.25) is 4.79 Å². The number of fused-ring (bicyclic) bond motifs is 1. The standard InChI is InChI=1S/C18H16O5/c1-21-13-7-8-14-15(19)10-16(23-17(14)9-13)11-3-5-12(6-4-11)18(20)22-2/h3-9,16H,10H2,1-2H3. The van der Waals surface area contributed by atoms with Gasteiger partial charge < -0.3 is 14.2 Å². The van der Waals surface area contributed by atoms with Crippen LogP contribution in [0.3, 0.4) is 0 Å². The fourth-order valence-electron chi connectivity index (χ4n) is 2.57. The van der Waals surface area contributed by atoms with Crippen LogP contribution in [0.1, 0.15) is 38.8 Å². The van der Waals surface area contributed by atoms with Gasteiger partial charge in [-0.2, -0.15) is 0 Å². The first kappa shape index (κ1) is 15.1. The fraction of sp³-hybridized carbons (Fsp3) is 0.222. The van der Waals surface area contributed by atoms with Crippen LogP contribution >= 0.6 is 0 Å². The van der Waals surface area contributed by atoms with Crippen LogP contribution in [0.5, 0.6) is 11.5 Å². The van der Waals surface area contributed by atoms with Crippen molar-refractivity contribution < 1.29 is 23.8 Å². The molecule has 0 spiro atoms. The van der Waals surface area contributed by atoms with Gasteiger partial charge in [0, 0.05) is 6.07 Å². The lowest BCUT2D eigenvalue weighted by Gasteiger charge is -2.26. The maximum Gasteiger partial charge on any atom is 0.337 e. The normalized spacial score (nSPS) is 16.3. The third-order valence-corrected chi connectivity index (χ3v) is 3.83. The van der Waals surface area contributed by atoms with E-state index in [9.17, 15) is 9.59 Å². The molecule has 23 heavy (non-hydrogen) atoms. The molecule has 118 valence electrons. The highest BCUT2D eigenvalue weighted by Crippen LogP contribution is 2.37. The van der Waals surface area contributed by atoms with Gasteiger partial charge >= 0.3 is 5.97 Å². The summed E-state index contributed by atoms with van der Waals surface area (Å²) < 4.78 is 15.8. The zero-order valence-corrected chi connectivity index (χ0v) is 12.9. The average molecular weight is 312 g/mol. The quantitative estimate of drug-likeness (QED) is 0.815. The highest BCUT2D eigenvalue weighted by atomic mass is 16.5. The van der Waals surface area contributed by atoms with Crippen molar-refractivity contribution in [1.82, 2.24) is 0 Å². The molecule has 5 nitrogen and oxygen atoms in total. The Balaban J connectivity index is 1.87. The van der Waals surface area contributed by atoms with Crippen LogP contribution in [0.15, 0.2) is 42.5 Å². The number of Topliss-reactive ketones (excluding diaryl/α,β-unsaturated/α-hetero) is 1. The summed E-state index contributed by atoms with van der Waals surface area (Å²) in [5.74, 6) is 0.782. The number of benzene rings is 2. The van der Waals surface area contributed by atoms with Crippen molar-refractivity contribution in [2.24, 2.45) is 0 Å². The number of hydrogen-bond acceptors (Lipinski definition) is 5. The maximum atomic E-state index is 12.3. The van der Waals surface area contributed by atoms with Crippen molar-refractivity contribution in [2.45, 2.75) is 12.5 Å². The maximum absolute atomic E-state index is 12.3. The van der Waals surface area contributed by atoms with Crippen molar-refractivity contribution in [3.63, 3.8) is 0 Å². The minimum absolute atomic E-state index is 0.0240. The molecule has 1 unspecified atom stereocenters. The minimum Gasteiger partial charge on any atom is -0.497 e. The molecule has 0 aliphatic carbocycles. The average Bonchev–Trinajstić information content (AvgIpc) is 2.60. The van der Waals surface area contributed by atoms with Gasteiger partial charge in [0.15, 0.2) is 5.78 Å². The number of carbonyl (C=O) groups is 2. The smallest absolute Gasteiger partial charge is 0.337 e. The van der Waals surface area contributed by atoms with Crippen LogP contribution < -0.4 is 9.47 Å². The number of hydrogen-bond donors (Lipinski definition) is 0. The molecule has 2 aromatic rings. The summed E-state index contributed by atoms with van der Waals surface area (Å²) in [6.07, 6.45) is -0.120. The zero-order chi connectivity index (χ0) is 16.4. The second kappa shape index (κ2) is 6.12. The van der Waals surface area contributed by atoms with E-state index in [1.54, 1.807) is 49.6 Å². The lowest BCUT2D eigenvalue weighted by atomic mass is 9.95. The summed E-state index contributed by atoms with van der Waals surface area (Å²) in [4.78, 5) is 23.8. The lowest BCUT2D eigenvalue weighted by Crippen LogP contribution is -2.20. The SMILES string of the molecule is COC(=O)c1ccc(C2CC(=O)c3ccc(OC)cc3O2)cc1. The molecular weight excluding hydrogens is 296 g/mol.